The molecule has 0 fully saturated rings. The van der Waals surface area contributed by atoms with E-state index in [2.05, 4.69) is 10.3 Å². The lowest BCUT2D eigenvalue weighted by atomic mass is 10.2. The summed E-state index contributed by atoms with van der Waals surface area (Å²) in [6, 6.07) is 6.09. The Balaban J connectivity index is 1.87. The molecular weight excluding hydrogens is 289 g/mol. The van der Waals surface area contributed by atoms with E-state index in [1.807, 2.05) is 19.2 Å². The average molecular weight is 303 g/mol. The molecule has 108 valence electrons. The van der Waals surface area contributed by atoms with Crippen molar-refractivity contribution in [1.82, 2.24) is 9.38 Å². The van der Waals surface area contributed by atoms with Gasteiger partial charge in [0.15, 0.2) is 4.96 Å². The van der Waals surface area contributed by atoms with E-state index in [1.54, 1.807) is 10.5 Å². The highest BCUT2D eigenvalue weighted by atomic mass is 32.1. The molecule has 21 heavy (non-hydrogen) atoms. The van der Waals surface area contributed by atoms with Crippen LogP contribution in [-0.4, -0.2) is 9.38 Å². The summed E-state index contributed by atoms with van der Waals surface area (Å²) in [5, 5.41) is 5.09. The summed E-state index contributed by atoms with van der Waals surface area (Å²) in [4.78, 5) is 17.2. The molecule has 0 bridgehead atoms. The second-order valence-corrected chi connectivity index (χ2v) is 5.73. The van der Waals surface area contributed by atoms with E-state index >= 15 is 0 Å². The van der Waals surface area contributed by atoms with Crippen molar-refractivity contribution >= 4 is 22.0 Å². The maximum absolute atomic E-state index is 13.1. The normalized spacial score (nSPS) is 11.0. The number of anilines is 1. The largest absolute Gasteiger partial charge is 0.379 e. The topological polar surface area (TPSA) is 46.4 Å². The Hall–Kier alpha value is -2.21. The van der Waals surface area contributed by atoms with E-state index in [0.717, 1.165) is 16.9 Å². The number of hydrogen-bond donors (Lipinski definition) is 1. The average Bonchev–Trinajstić information content (AvgIpc) is 2.80. The molecule has 0 aliphatic rings. The van der Waals surface area contributed by atoms with Gasteiger partial charge in [0, 0.05) is 22.8 Å². The maximum Gasteiger partial charge on any atom is 0.259 e. The first-order valence-electron chi connectivity index (χ1n) is 6.51. The van der Waals surface area contributed by atoms with Gasteiger partial charge < -0.3 is 5.32 Å². The van der Waals surface area contributed by atoms with Crippen LogP contribution in [0, 0.1) is 19.7 Å². The van der Waals surface area contributed by atoms with Gasteiger partial charge in [0.05, 0.1) is 12.2 Å². The molecule has 3 rings (SSSR count). The van der Waals surface area contributed by atoms with Crippen LogP contribution in [-0.2, 0) is 6.54 Å². The standard InChI is InChI=1S/C15H14FN3OS/c1-9-5-11(16)3-4-13(9)17-7-12-6-14(20)19-10(2)8-21-15(19)18-12/h3-6,8,17H,7H2,1-2H3. The smallest absolute Gasteiger partial charge is 0.259 e. The fraction of sp³-hybridized carbons (Fsp3) is 0.200. The zero-order chi connectivity index (χ0) is 15.0. The van der Waals surface area contributed by atoms with Gasteiger partial charge in [-0.15, -0.1) is 11.3 Å². The van der Waals surface area contributed by atoms with E-state index in [-0.39, 0.29) is 11.4 Å². The van der Waals surface area contributed by atoms with Crippen molar-refractivity contribution in [2.45, 2.75) is 20.4 Å². The van der Waals surface area contributed by atoms with E-state index in [9.17, 15) is 9.18 Å². The summed E-state index contributed by atoms with van der Waals surface area (Å²) in [7, 11) is 0. The van der Waals surface area contributed by atoms with Crippen molar-refractivity contribution < 1.29 is 4.39 Å². The molecule has 0 saturated carbocycles. The number of thiazole rings is 1. The zero-order valence-corrected chi connectivity index (χ0v) is 12.5. The monoisotopic (exact) mass is 303 g/mol. The fourth-order valence-corrected chi connectivity index (χ4v) is 3.09. The summed E-state index contributed by atoms with van der Waals surface area (Å²) < 4.78 is 14.7. The van der Waals surface area contributed by atoms with Gasteiger partial charge in [-0.25, -0.2) is 9.37 Å². The molecule has 2 heterocycles. The lowest BCUT2D eigenvalue weighted by Gasteiger charge is -2.09. The third kappa shape index (κ3) is 2.67. The SMILES string of the molecule is Cc1cc(F)ccc1NCc1cc(=O)n2c(C)csc2n1. The zero-order valence-electron chi connectivity index (χ0n) is 11.7. The van der Waals surface area contributed by atoms with Crippen molar-refractivity contribution in [1.29, 1.82) is 0 Å². The molecule has 2 aromatic heterocycles. The number of fused-ring (bicyclic) bond motifs is 1. The minimum Gasteiger partial charge on any atom is -0.379 e. The molecule has 1 aromatic carbocycles. The molecule has 0 aliphatic carbocycles. The van der Waals surface area contributed by atoms with Gasteiger partial charge in [0.1, 0.15) is 5.82 Å². The molecule has 0 unspecified atom stereocenters. The molecule has 6 heteroatoms. The first-order valence-corrected chi connectivity index (χ1v) is 7.39. The summed E-state index contributed by atoms with van der Waals surface area (Å²) in [6.07, 6.45) is 0. The maximum atomic E-state index is 13.1. The van der Waals surface area contributed by atoms with E-state index in [4.69, 9.17) is 0 Å². The van der Waals surface area contributed by atoms with Crippen molar-refractivity contribution in [3.8, 4) is 0 Å². The Labute approximate surface area is 124 Å². The van der Waals surface area contributed by atoms with Crippen molar-refractivity contribution in [3.63, 3.8) is 0 Å². The van der Waals surface area contributed by atoms with Crippen molar-refractivity contribution in [2.75, 3.05) is 5.32 Å². The first-order chi connectivity index (χ1) is 10.0. The number of rotatable bonds is 3. The number of benzene rings is 1. The van der Waals surface area contributed by atoms with Gasteiger partial charge in [0.25, 0.3) is 5.56 Å². The number of nitrogens with zero attached hydrogens (tertiary/aromatic N) is 2. The molecule has 0 saturated heterocycles. The van der Waals surface area contributed by atoms with Crippen LogP contribution in [0.1, 0.15) is 17.0 Å². The summed E-state index contributed by atoms with van der Waals surface area (Å²) >= 11 is 1.44. The third-order valence-electron chi connectivity index (χ3n) is 3.28. The third-order valence-corrected chi connectivity index (χ3v) is 4.22. The van der Waals surface area contributed by atoms with Gasteiger partial charge in [-0.3, -0.25) is 9.20 Å². The Kier molecular flexibility index (Phi) is 3.47. The predicted molar refractivity (Wildman–Crippen MR) is 82.5 cm³/mol. The highest BCUT2D eigenvalue weighted by molar-refractivity contribution is 7.15. The highest BCUT2D eigenvalue weighted by Gasteiger charge is 2.07. The van der Waals surface area contributed by atoms with Crippen LogP contribution in [0.15, 0.2) is 34.4 Å². The Bertz CT molecular complexity index is 869. The Morgan fingerprint density at radius 1 is 1.33 bits per heavy atom. The molecule has 3 aromatic rings. The summed E-state index contributed by atoms with van der Waals surface area (Å²) in [6.45, 7) is 4.14. The van der Waals surface area contributed by atoms with E-state index in [1.165, 1.54) is 29.5 Å². The van der Waals surface area contributed by atoms with Crippen LogP contribution in [0.5, 0.6) is 0 Å². The number of aromatic nitrogens is 2. The molecule has 0 aliphatic heterocycles. The van der Waals surface area contributed by atoms with Gasteiger partial charge in [-0.05, 0) is 37.6 Å². The Morgan fingerprint density at radius 2 is 2.14 bits per heavy atom. The van der Waals surface area contributed by atoms with Crippen LogP contribution >= 0.6 is 11.3 Å². The summed E-state index contributed by atoms with van der Waals surface area (Å²) in [5.74, 6) is -0.259. The molecule has 0 radical (unpaired) electrons. The first kappa shape index (κ1) is 13.8. The molecule has 4 nitrogen and oxygen atoms in total. The molecule has 1 N–H and O–H groups in total. The second-order valence-electron chi connectivity index (χ2n) is 4.89. The van der Waals surface area contributed by atoms with E-state index < -0.39 is 0 Å². The van der Waals surface area contributed by atoms with Crippen molar-refractivity contribution in [3.05, 3.63) is 62.8 Å². The lowest BCUT2D eigenvalue weighted by molar-refractivity contribution is 0.627. The van der Waals surface area contributed by atoms with Crippen LogP contribution < -0.4 is 10.9 Å². The molecular formula is C15H14FN3OS. The van der Waals surface area contributed by atoms with Crippen LogP contribution in [0.25, 0.3) is 4.96 Å². The number of halogens is 1. The van der Waals surface area contributed by atoms with Gasteiger partial charge >= 0.3 is 0 Å². The predicted octanol–water partition coefficient (Wildman–Crippen LogP) is 3.12. The van der Waals surface area contributed by atoms with Crippen LogP contribution in [0.2, 0.25) is 0 Å². The van der Waals surface area contributed by atoms with Crippen LogP contribution in [0.4, 0.5) is 10.1 Å². The fourth-order valence-electron chi connectivity index (χ4n) is 2.20. The Morgan fingerprint density at radius 3 is 2.90 bits per heavy atom. The number of aryl methyl sites for hydroxylation is 2. The van der Waals surface area contributed by atoms with Gasteiger partial charge in [0.2, 0.25) is 0 Å². The number of hydrogen-bond acceptors (Lipinski definition) is 4. The minimum absolute atomic E-state index is 0.0774. The van der Waals surface area contributed by atoms with E-state index in [0.29, 0.717) is 17.2 Å². The van der Waals surface area contributed by atoms with Gasteiger partial charge in [-0.1, -0.05) is 0 Å². The second kappa shape index (κ2) is 5.29. The minimum atomic E-state index is -0.259. The van der Waals surface area contributed by atoms with Crippen molar-refractivity contribution in [2.24, 2.45) is 0 Å². The molecule has 0 spiro atoms. The molecule has 0 amide bonds. The van der Waals surface area contributed by atoms with Crippen LogP contribution in [0.3, 0.4) is 0 Å². The number of nitrogens with one attached hydrogen (secondary N) is 1. The lowest BCUT2D eigenvalue weighted by Crippen LogP contribution is -2.16. The molecule has 0 atom stereocenters. The summed E-state index contributed by atoms with van der Waals surface area (Å²) in [5.41, 5.74) is 3.14. The van der Waals surface area contributed by atoms with Gasteiger partial charge in [-0.2, -0.15) is 0 Å². The highest BCUT2D eigenvalue weighted by Crippen LogP contribution is 2.17. The quantitative estimate of drug-likeness (QED) is 0.808.